The maximum absolute atomic E-state index is 6.27. The normalized spacial score (nSPS) is 13.8. The van der Waals surface area contributed by atoms with Gasteiger partial charge in [0.2, 0.25) is 0 Å². The molecule has 21 heavy (non-hydrogen) atoms. The summed E-state index contributed by atoms with van der Waals surface area (Å²) in [6, 6.07) is 12.6. The average Bonchev–Trinajstić information content (AvgIpc) is 2.43. The van der Waals surface area contributed by atoms with Crippen molar-refractivity contribution in [1.82, 2.24) is 5.32 Å². The van der Waals surface area contributed by atoms with Crippen LogP contribution in [0.3, 0.4) is 0 Å². The lowest BCUT2D eigenvalue weighted by atomic mass is 10.0. The SMILES string of the molecule is CNC(c1cc(Cl)ccc1Cl)C(C)Oc1cccc(Cl)c1. The van der Waals surface area contributed by atoms with Crippen LogP contribution in [0.15, 0.2) is 42.5 Å². The Balaban J connectivity index is 2.22. The highest BCUT2D eigenvalue weighted by atomic mass is 35.5. The predicted octanol–water partition coefficient (Wildman–Crippen LogP) is 5.37. The molecule has 0 aromatic heterocycles. The van der Waals surface area contributed by atoms with Gasteiger partial charge in [0.25, 0.3) is 0 Å². The lowest BCUT2D eigenvalue weighted by molar-refractivity contribution is 0.175. The molecule has 0 saturated heterocycles. The minimum atomic E-state index is -0.149. The van der Waals surface area contributed by atoms with Crippen LogP contribution in [0.2, 0.25) is 15.1 Å². The van der Waals surface area contributed by atoms with Crippen LogP contribution in [-0.4, -0.2) is 13.2 Å². The van der Waals surface area contributed by atoms with Gasteiger partial charge in [-0.25, -0.2) is 0 Å². The molecule has 0 radical (unpaired) electrons. The molecule has 0 bridgehead atoms. The fraction of sp³-hybridized carbons (Fsp3) is 0.250. The van der Waals surface area contributed by atoms with Gasteiger partial charge in [0, 0.05) is 15.1 Å². The molecule has 0 heterocycles. The quantitative estimate of drug-likeness (QED) is 0.786. The molecule has 0 amide bonds. The molecule has 5 heteroatoms. The van der Waals surface area contributed by atoms with Crippen LogP contribution in [0.25, 0.3) is 0 Å². The summed E-state index contributed by atoms with van der Waals surface area (Å²) in [4.78, 5) is 0. The van der Waals surface area contributed by atoms with Gasteiger partial charge < -0.3 is 10.1 Å². The molecular weight excluding hydrogens is 329 g/mol. The largest absolute Gasteiger partial charge is 0.489 e. The first-order chi connectivity index (χ1) is 10.0. The van der Waals surface area contributed by atoms with Gasteiger partial charge >= 0.3 is 0 Å². The van der Waals surface area contributed by atoms with Gasteiger partial charge in [0.1, 0.15) is 11.9 Å². The minimum Gasteiger partial charge on any atom is -0.489 e. The standard InChI is InChI=1S/C16H16Cl3NO/c1-10(21-13-5-3-4-11(17)8-13)16(20-2)14-9-12(18)6-7-15(14)19/h3-10,16,20H,1-2H3. The first-order valence-corrected chi connectivity index (χ1v) is 7.69. The zero-order valence-corrected chi connectivity index (χ0v) is 14.0. The fourth-order valence-corrected chi connectivity index (χ4v) is 2.81. The van der Waals surface area contributed by atoms with Gasteiger partial charge in [0.15, 0.2) is 0 Å². The second-order valence-electron chi connectivity index (χ2n) is 4.71. The Bertz CT molecular complexity index is 618. The third-order valence-electron chi connectivity index (χ3n) is 3.19. The van der Waals surface area contributed by atoms with Crippen LogP contribution in [0.1, 0.15) is 18.5 Å². The fourth-order valence-electron chi connectivity index (χ4n) is 2.22. The predicted molar refractivity (Wildman–Crippen MR) is 89.8 cm³/mol. The van der Waals surface area contributed by atoms with E-state index in [2.05, 4.69) is 5.32 Å². The number of benzene rings is 2. The first-order valence-electron chi connectivity index (χ1n) is 6.55. The molecule has 0 aliphatic heterocycles. The molecule has 2 nitrogen and oxygen atoms in total. The number of ether oxygens (including phenoxy) is 1. The molecule has 0 saturated carbocycles. The van der Waals surface area contributed by atoms with Crippen molar-refractivity contribution in [2.75, 3.05) is 7.05 Å². The topological polar surface area (TPSA) is 21.3 Å². The van der Waals surface area contributed by atoms with Gasteiger partial charge in [-0.3, -0.25) is 0 Å². The third-order valence-corrected chi connectivity index (χ3v) is 4.01. The highest BCUT2D eigenvalue weighted by Gasteiger charge is 2.22. The van der Waals surface area contributed by atoms with E-state index in [9.17, 15) is 0 Å². The van der Waals surface area contributed by atoms with Crippen LogP contribution in [0.5, 0.6) is 5.75 Å². The molecule has 0 fully saturated rings. The second kappa shape index (κ2) is 7.37. The highest BCUT2D eigenvalue weighted by molar-refractivity contribution is 6.33. The van der Waals surface area contributed by atoms with Crippen LogP contribution >= 0.6 is 34.8 Å². The van der Waals surface area contributed by atoms with Crippen molar-refractivity contribution in [2.45, 2.75) is 19.1 Å². The van der Waals surface area contributed by atoms with Crippen LogP contribution in [0, 0.1) is 0 Å². The van der Waals surface area contributed by atoms with Gasteiger partial charge in [-0.2, -0.15) is 0 Å². The van der Waals surface area contributed by atoms with Crippen molar-refractivity contribution >= 4 is 34.8 Å². The average molecular weight is 345 g/mol. The van der Waals surface area contributed by atoms with E-state index in [-0.39, 0.29) is 12.1 Å². The summed E-state index contributed by atoms with van der Waals surface area (Å²) in [5, 5.41) is 5.16. The number of hydrogen-bond donors (Lipinski definition) is 1. The maximum Gasteiger partial charge on any atom is 0.121 e. The summed E-state index contributed by atoms with van der Waals surface area (Å²) in [7, 11) is 1.86. The van der Waals surface area contributed by atoms with Crippen LogP contribution in [-0.2, 0) is 0 Å². The Morgan fingerprint density at radius 3 is 2.38 bits per heavy atom. The molecule has 2 unspecified atom stereocenters. The van der Waals surface area contributed by atoms with Crippen molar-refractivity contribution in [3.05, 3.63) is 63.1 Å². The van der Waals surface area contributed by atoms with Crippen molar-refractivity contribution in [3.8, 4) is 5.75 Å². The molecule has 0 aliphatic rings. The van der Waals surface area contributed by atoms with E-state index in [1.54, 1.807) is 18.2 Å². The number of hydrogen-bond acceptors (Lipinski definition) is 2. The van der Waals surface area contributed by atoms with E-state index in [1.165, 1.54) is 0 Å². The van der Waals surface area contributed by atoms with E-state index in [0.29, 0.717) is 20.8 Å². The Morgan fingerprint density at radius 2 is 1.71 bits per heavy atom. The van der Waals surface area contributed by atoms with Crippen molar-refractivity contribution in [1.29, 1.82) is 0 Å². The van der Waals surface area contributed by atoms with E-state index in [1.807, 2.05) is 38.2 Å². The van der Waals surface area contributed by atoms with E-state index in [0.717, 1.165) is 5.56 Å². The Hall–Kier alpha value is -0.930. The monoisotopic (exact) mass is 343 g/mol. The van der Waals surface area contributed by atoms with E-state index >= 15 is 0 Å². The maximum atomic E-state index is 6.27. The zero-order valence-electron chi connectivity index (χ0n) is 11.7. The summed E-state index contributed by atoms with van der Waals surface area (Å²) < 4.78 is 5.95. The van der Waals surface area contributed by atoms with Gasteiger partial charge in [-0.15, -0.1) is 0 Å². The van der Waals surface area contributed by atoms with Crippen molar-refractivity contribution < 1.29 is 4.74 Å². The van der Waals surface area contributed by atoms with Gasteiger partial charge in [-0.1, -0.05) is 40.9 Å². The van der Waals surface area contributed by atoms with Crippen LogP contribution < -0.4 is 10.1 Å². The van der Waals surface area contributed by atoms with Gasteiger partial charge in [-0.05, 0) is 55.9 Å². The zero-order chi connectivity index (χ0) is 15.4. The smallest absolute Gasteiger partial charge is 0.121 e. The van der Waals surface area contributed by atoms with Gasteiger partial charge in [0.05, 0.1) is 6.04 Å². The summed E-state index contributed by atoms with van der Waals surface area (Å²) in [6.07, 6.45) is -0.149. The molecule has 2 rings (SSSR count). The van der Waals surface area contributed by atoms with Crippen LogP contribution in [0.4, 0.5) is 0 Å². The number of rotatable bonds is 5. The highest BCUT2D eigenvalue weighted by Crippen LogP contribution is 2.30. The second-order valence-corrected chi connectivity index (χ2v) is 5.99. The summed E-state index contributed by atoms with van der Waals surface area (Å²) in [5.74, 6) is 0.716. The first kappa shape index (κ1) is 16.4. The number of likely N-dealkylation sites (N-methyl/N-ethyl adjacent to an activating group) is 1. The number of nitrogens with one attached hydrogen (secondary N) is 1. The molecule has 2 aromatic carbocycles. The molecular formula is C16H16Cl3NO. The van der Waals surface area contributed by atoms with E-state index < -0.39 is 0 Å². The minimum absolute atomic E-state index is 0.0878. The van der Waals surface area contributed by atoms with Crippen molar-refractivity contribution in [3.63, 3.8) is 0 Å². The molecule has 1 N–H and O–H groups in total. The lowest BCUT2D eigenvalue weighted by Crippen LogP contribution is -2.31. The number of halogens is 3. The summed E-state index contributed by atoms with van der Waals surface area (Å²) in [6.45, 7) is 1.97. The third kappa shape index (κ3) is 4.27. The lowest BCUT2D eigenvalue weighted by Gasteiger charge is -2.26. The molecule has 2 aromatic rings. The van der Waals surface area contributed by atoms with E-state index in [4.69, 9.17) is 39.5 Å². The van der Waals surface area contributed by atoms with Crippen molar-refractivity contribution in [2.24, 2.45) is 0 Å². The molecule has 0 aliphatic carbocycles. The Morgan fingerprint density at radius 1 is 1.00 bits per heavy atom. The Kier molecular flexibility index (Phi) is 5.77. The molecule has 112 valence electrons. The summed E-state index contributed by atoms with van der Waals surface area (Å²) >= 11 is 18.3. The molecule has 0 spiro atoms. The summed E-state index contributed by atoms with van der Waals surface area (Å²) in [5.41, 5.74) is 0.904. The molecule has 2 atom stereocenters. The Labute approximate surface area is 140 Å².